The van der Waals surface area contributed by atoms with Crippen LogP contribution in [0.2, 0.25) is 0 Å². The molecule has 2 aliphatic heterocycles. The summed E-state index contributed by atoms with van der Waals surface area (Å²) in [5.74, 6) is 1.68. The molecule has 1 amide bonds. The van der Waals surface area contributed by atoms with E-state index in [9.17, 15) is 4.79 Å². The molecule has 2 heterocycles. The molecule has 154 valence electrons. The molecule has 2 N–H and O–H groups in total. The highest BCUT2D eigenvalue weighted by Gasteiger charge is 2.31. The van der Waals surface area contributed by atoms with Gasteiger partial charge >= 0.3 is 0 Å². The molecule has 2 unspecified atom stereocenters. The molecule has 0 saturated carbocycles. The summed E-state index contributed by atoms with van der Waals surface area (Å²) in [6, 6.07) is 9.29. The maximum absolute atomic E-state index is 12.1. The SMILES string of the molecule is CN=C(NCc1ccc(N2CCCCC2=O)cc1)NC1CN(C(C)C)CC1C. The van der Waals surface area contributed by atoms with Gasteiger partial charge in [0.1, 0.15) is 0 Å². The Balaban J connectivity index is 1.52. The van der Waals surface area contributed by atoms with E-state index in [1.807, 2.05) is 11.9 Å². The summed E-state index contributed by atoms with van der Waals surface area (Å²) in [6.45, 7) is 10.5. The van der Waals surface area contributed by atoms with Crippen LogP contribution >= 0.6 is 0 Å². The van der Waals surface area contributed by atoms with Crippen LogP contribution in [0, 0.1) is 5.92 Å². The highest BCUT2D eigenvalue weighted by molar-refractivity contribution is 5.93. The molecular weight excluding hydrogens is 350 g/mol. The Morgan fingerprint density at radius 2 is 1.96 bits per heavy atom. The first kappa shape index (κ1) is 20.6. The Bertz CT molecular complexity index is 685. The third-order valence-corrected chi connectivity index (χ3v) is 5.95. The molecule has 1 aromatic carbocycles. The number of guanidine groups is 1. The van der Waals surface area contributed by atoms with Crippen molar-refractivity contribution in [3.63, 3.8) is 0 Å². The second-order valence-electron chi connectivity index (χ2n) is 8.37. The second kappa shape index (κ2) is 9.41. The second-order valence-corrected chi connectivity index (χ2v) is 8.37. The zero-order valence-electron chi connectivity index (χ0n) is 17.7. The number of rotatable bonds is 5. The van der Waals surface area contributed by atoms with Crippen LogP contribution < -0.4 is 15.5 Å². The smallest absolute Gasteiger partial charge is 0.226 e. The molecule has 2 saturated heterocycles. The van der Waals surface area contributed by atoms with E-state index < -0.39 is 0 Å². The zero-order valence-corrected chi connectivity index (χ0v) is 17.7. The monoisotopic (exact) mass is 385 g/mol. The number of carbonyl (C=O) groups is 1. The third-order valence-electron chi connectivity index (χ3n) is 5.95. The lowest BCUT2D eigenvalue weighted by Crippen LogP contribution is -2.46. The van der Waals surface area contributed by atoms with Crippen molar-refractivity contribution >= 4 is 17.6 Å². The van der Waals surface area contributed by atoms with Gasteiger partial charge in [-0.25, -0.2) is 0 Å². The topological polar surface area (TPSA) is 60.0 Å². The summed E-state index contributed by atoms with van der Waals surface area (Å²) < 4.78 is 0. The standard InChI is InChI=1S/C22H35N5O/c1-16(2)26-14-17(3)20(15-26)25-22(23-4)24-13-18-8-10-19(11-9-18)27-12-6-5-7-21(27)28/h8-11,16-17,20H,5-7,12-15H2,1-4H3,(H2,23,24,25). The Labute approximate surface area is 169 Å². The van der Waals surface area contributed by atoms with Crippen molar-refractivity contribution in [1.29, 1.82) is 0 Å². The van der Waals surface area contributed by atoms with Crippen LogP contribution in [-0.2, 0) is 11.3 Å². The van der Waals surface area contributed by atoms with Crippen LogP contribution in [0.4, 0.5) is 5.69 Å². The van der Waals surface area contributed by atoms with Gasteiger partial charge in [0, 0.05) is 57.4 Å². The number of nitrogens with one attached hydrogen (secondary N) is 2. The molecule has 0 spiro atoms. The largest absolute Gasteiger partial charge is 0.352 e. The molecule has 6 nitrogen and oxygen atoms in total. The highest BCUT2D eigenvalue weighted by atomic mass is 16.2. The van der Waals surface area contributed by atoms with Crippen molar-refractivity contribution in [3.8, 4) is 0 Å². The Kier molecular flexibility index (Phi) is 6.94. The molecule has 0 radical (unpaired) electrons. The van der Waals surface area contributed by atoms with Gasteiger partial charge in [-0.3, -0.25) is 14.7 Å². The minimum atomic E-state index is 0.239. The minimum Gasteiger partial charge on any atom is -0.352 e. The minimum absolute atomic E-state index is 0.239. The van der Waals surface area contributed by atoms with Gasteiger partial charge in [-0.2, -0.15) is 0 Å². The van der Waals surface area contributed by atoms with E-state index in [4.69, 9.17) is 0 Å². The number of hydrogen-bond acceptors (Lipinski definition) is 3. The van der Waals surface area contributed by atoms with E-state index in [1.54, 1.807) is 0 Å². The first-order chi connectivity index (χ1) is 13.5. The summed E-state index contributed by atoms with van der Waals surface area (Å²) in [6.07, 6.45) is 2.77. The number of carbonyl (C=O) groups excluding carboxylic acids is 1. The van der Waals surface area contributed by atoms with Crippen molar-refractivity contribution < 1.29 is 4.79 Å². The molecule has 28 heavy (non-hydrogen) atoms. The first-order valence-corrected chi connectivity index (χ1v) is 10.6. The Morgan fingerprint density at radius 1 is 1.21 bits per heavy atom. The summed E-state index contributed by atoms with van der Waals surface area (Å²) >= 11 is 0. The van der Waals surface area contributed by atoms with Gasteiger partial charge in [0.25, 0.3) is 0 Å². The predicted molar refractivity (Wildman–Crippen MR) is 116 cm³/mol. The van der Waals surface area contributed by atoms with Crippen molar-refractivity contribution in [2.75, 3.05) is 31.6 Å². The van der Waals surface area contributed by atoms with Crippen LogP contribution in [0.5, 0.6) is 0 Å². The number of likely N-dealkylation sites (tertiary alicyclic amines) is 1. The van der Waals surface area contributed by atoms with Gasteiger partial charge in [-0.1, -0.05) is 19.1 Å². The van der Waals surface area contributed by atoms with E-state index in [0.717, 1.165) is 44.1 Å². The molecule has 6 heteroatoms. The van der Waals surface area contributed by atoms with Crippen LogP contribution in [0.3, 0.4) is 0 Å². The van der Waals surface area contributed by atoms with Crippen molar-refractivity contribution in [1.82, 2.24) is 15.5 Å². The molecule has 2 aliphatic rings. The lowest BCUT2D eigenvalue weighted by atomic mass is 10.1. The van der Waals surface area contributed by atoms with Gasteiger partial charge in [-0.05, 0) is 50.3 Å². The number of benzene rings is 1. The zero-order chi connectivity index (χ0) is 20.1. The molecule has 0 bridgehead atoms. The lowest BCUT2D eigenvalue weighted by molar-refractivity contribution is -0.119. The fourth-order valence-corrected chi connectivity index (χ4v) is 4.04. The average molecular weight is 386 g/mol. The van der Waals surface area contributed by atoms with E-state index in [1.165, 1.54) is 5.56 Å². The molecule has 2 fully saturated rings. The van der Waals surface area contributed by atoms with Gasteiger partial charge < -0.3 is 15.5 Å². The molecule has 3 rings (SSSR count). The summed E-state index contributed by atoms with van der Waals surface area (Å²) in [7, 11) is 1.82. The maximum Gasteiger partial charge on any atom is 0.226 e. The van der Waals surface area contributed by atoms with Crippen LogP contribution in [0.15, 0.2) is 29.3 Å². The van der Waals surface area contributed by atoms with Crippen LogP contribution in [-0.4, -0.2) is 55.5 Å². The third kappa shape index (κ3) is 5.04. The van der Waals surface area contributed by atoms with E-state index >= 15 is 0 Å². The lowest BCUT2D eigenvalue weighted by Gasteiger charge is -2.27. The quantitative estimate of drug-likeness (QED) is 0.604. The predicted octanol–water partition coefficient (Wildman–Crippen LogP) is 2.60. The summed E-state index contributed by atoms with van der Waals surface area (Å²) in [4.78, 5) is 20.9. The van der Waals surface area contributed by atoms with E-state index in [-0.39, 0.29) is 5.91 Å². The summed E-state index contributed by atoms with van der Waals surface area (Å²) in [5.41, 5.74) is 2.18. The number of amides is 1. The Hall–Kier alpha value is -2.08. The molecule has 0 aliphatic carbocycles. The number of anilines is 1. The highest BCUT2D eigenvalue weighted by Crippen LogP contribution is 2.21. The van der Waals surface area contributed by atoms with Gasteiger partial charge in [0.15, 0.2) is 5.96 Å². The molecular formula is C22H35N5O. The van der Waals surface area contributed by atoms with Crippen molar-refractivity contribution in [2.24, 2.45) is 10.9 Å². The van der Waals surface area contributed by atoms with E-state index in [2.05, 4.69) is 65.6 Å². The number of aliphatic imine (C=N–C) groups is 1. The van der Waals surface area contributed by atoms with E-state index in [0.29, 0.717) is 31.0 Å². The number of nitrogens with zero attached hydrogens (tertiary/aromatic N) is 3. The normalized spacial score (nSPS) is 24.1. The van der Waals surface area contributed by atoms with Crippen molar-refractivity contribution in [3.05, 3.63) is 29.8 Å². The number of hydrogen-bond donors (Lipinski definition) is 2. The molecule has 0 aromatic heterocycles. The van der Waals surface area contributed by atoms with Crippen molar-refractivity contribution in [2.45, 2.75) is 58.7 Å². The van der Waals surface area contributed by atoms with Crippen LogP contribution in [0.25, 0.3) is 0 Å². The fraction of sp³-hybridized carbons (Fsp3) is 0.636. The van der Waals surface area contributed by atoms with Gasteiger partial charge in [0.2, 0.25) is 5.91 Å². The molecule has 2 atom stereocenters. The summed E-state index contributed by atoms with van der Waals surface area (Å²) in [5, 5.41) is 7.01. The number of piperidine rings is 1. The fourth-order valence-electron chi connectivity index (χ4n) is 4.04. The first-order valence-electron chi connectivity index (χ1n) is 10.6. The Morgan fingerprint density at radius 3 is 2.57 bits per heavy atom. The van der Waals surface area contributed by atoms with Crippen LogP contribution in [0.1, 0.15) is 45.6 Å². The van der Waals surface area contributed by atoms with Gasteiger partial charge in [0.05, 0.1) is 0 Å². The maximum atomic E-state index is 12.1. The average Bonchev–Trinajstić information content (AvgIpc) is 3.07. The molecule has 1 aromatic rings. The van der Waals surface area contributed by atoms with Gasteiger partial charge in [-0.15, -0.1) is 0 Å².